The molecule has 2 aromatic rings. The van der Waals surface area contributed by atoms with E-state index in [9.17, 15) is 5.11 Å². The third-order valence-electron chi connectivity index (χ3n) is 3.39. The Hall–Kier alpha value is -2.01. The van der Waals surface area contributed by atoms with Crippen molar-refractivity contribution in [1.82, 2.24) is 9.55 Å². The molecule has 1 atom stereocenters. The molecule has 0 amide bonds. The molecule has 1 N–H and O–H groups in total. The zero-order chi connectivity index (χ0) is 14.7. The molecule has 20 heavy (non-hydrogen) atoms. The van der Waals surface area contributed by atoms with Crippen molar-refractivity contribution in [3.05, 3.63) is 42.0 Å². The Balaban J connectivity index is 2.34. The van der Waals surface area contributed by atoms with Crippen molar-refractivity contribution < 1.29 is 9.84 Å². The summed E-state index contributed by atoms with van der Waals surface area (Å²) in [5.41, 5.74) is 1.74. The summed E-state index contributed by atoms with van der Waals surface area (Å²) < 4.78 is 7.33. The number of hydrogen-bond donors (Lipinski definition) is 1. The van der Waals surface area contributed by atoms with Crippen molar-refractivity contribution in [2.45, 2.75) is 19.6 Å². The van der Waals surface area contributed by atoms with Gasteiger partial charge in [0.05, 0.1) is 19.8 Å². The van der Waals surface area contributed by atoms with Crippen molar-refractivity contribution >= 4 is 5.69 Å². The maximum atomic E-state index is 10.0. The number of ether oxygens (including phenoxy) is 1. The molecule has 1 unspecified atom stereocenters. The lowest BCUT2D eigenvalue weighted by molar-refractivity contribution is 0.194. The largest absolute Gasteiger partial charge is 0.496 e. The third kappa shape index (κ3) is 2.77. The third-order valence-corrected chi connectivity index (χ3v) is 3.39. The lowest BCUT2D eigenvalue weighted by atomic mass is 10.1. The van der Waals surface area contributed by atoms with Gasteiger partial charge in [0, 0.05) is 37.7 Å². The first-order chi connectivity index (χ1) is 9.54. The smallest absolute Gasteiger partial charge is 0.127 e. The standard InChI is InChI=1S/C15H21N3O2/c1-11(19)15-12(6-5-7-13(15)20-4)18(3)10-14-16-8-9-17(14)2/h5-9,11,19H,10H2,1-4H3. The van der Waals surface area contributed by atoms with E-state index in [0.29, 0.717) is 12.3 Å². The van der Waals surface area contributed by atoms with Gasteiger partial charge in [0.25, 0.3) is 0 Å². The fourth-order valence-corrected chi connectivity index (χ4v) is 2.31. The average Bonchev–Trinajstić information content (AvgIpc) is 2.83. The molecule has 0 bridgehead atoms. The Morgan fingerprint density at radius 1 is 1.45 bits per heavy atom. The van der Waals surface area contributed by atoms with E-state index < -0.39 is 6.10 Å². The number of aliphatic hydroxyl groups excluding tert-OH is 1. The van der Waals surface area contributed by atoms with E-state index in [-0.39, 0.29) is 0 Å². The van der Waals surface area contributed by atoms with Crippen molar-refractivity contribution in [3.63, 3.8) is 0 Å². The minimum Gasteiger partial charge on any atom is -0.496 e. The SMILES string of the molecule is COc1cccc(N(C)Cc2nccn2C)c1C(C)O. The van der Waals surface area contributed by atoms with Crippen LogP contribution in [0.5, 0.6) is 5.75 Å². The number of hydrogen-bond acceptors (Lipinski definition) is 4. The Labute approximate surface area is 119 Å². The highest BCUT2D eigenvalue weighted by molar-refractivity contribution is 5.60. The highest BCUT2D eigenvalue weighted by atomic mass is 16.5. The number of aryl methyl sites for hydroxylation is 1. The molecule has 1 heterocycles. The van der Waals surface area contributed by atoms with Crippen LogP contribution in [0.2, 0.25) is 0 Å². The number of benzene rings is 1. The topological polar surface area (TPSA) is 50.5 Å². The molecule has 2 rings (SSSR count). The number of aromatic nitrogens is 2. The van der Waals surface area contributed by atoms with Gasteiger partial charge in [-0.1, -0.05) is 6.07 Å². The summed E-state index contributed by atoms with van der Waals surface area (Å²) in [6.45, 7) is 2.41. The Kier molecular flexibility index (Phi) is 4.29. The molecule has 0 saturated heterocycles. The van der Waals surface area contributed by atoms with Crippen LogP contribution in [0.15, 0.2) is 30.6 Å². The van der Waals surface area contributed by atoms with Crippen molar-refractivity contribution in [1.29, 1.82) is 0 Å². The highest BCUT2D eigenvalue weighted by Gasteiger charge is 2.17. The molecule has 0 spiro atoms. The fourth-order valence-electron chi connectivity index (χ4n) is 2.31. The van der Waals surface area contributed by atoms with Gasteiger partial charge in [0.1, 0.15) is 11.6 Å². The number of anilines is 1. The Morgan fingerprint density at radius 3 is 2.75 bits per heavy atom. The lowest BCUT2D eigenvalue weighted by Crippen LogP contribution is -2.21. The van der Waals surface area contributed by atoms with Crippen LogP contribution in [0.25, 0.3) is 0 Å². The van der Waals surface area contributed by atoms with E-state index >= 15 is 0 Å². The van der Waals surface area contributed by atoms with E-state index in [4.69, 9.17) is 4.74 Å². The zero-order valence-corrected chi connectivity index (χ0v) is 12.4. The fraction of sp³-hybridized carbons (Fsp3) is 0.400. The van der Waals surface area contributed by atoms with Gasteiger partial charge in [-0.15, -0.1) is 0 Å². The van der Waals surface area contributed by atoms with Crippen LogP contribution in [-0.4, -0.2) is 28.8 Å². The molecule has 0 aliphatic carbocycles. The molecule has 0 radical (unpaired) electrons. The van der Waals surface area contributed by atoms with Crippen LogP contribution in [0.4, 0.5) is 5.69 Å². The van der Waals surface area contributed by atoms with Crippen LogP contribution in [0.1, 0.15) is 24.4 Å². The lowest BCUT2D eigenvalue weighted by Gasteiger charge is -2.24. The van der Waals surface area contributed by atoms with Crippen LogP contribution in [0.3, 0.4) is 0 Å². The van der Waals surface area contributed by atoms with E-state index in [1.54, 1.807) is 20.2 Å². The normalized spacial score (nSPS) is 12.2. The second-order valence-corrected chi connectivity index (χ2v) is 4.88. The predicted octanol–water partition coefficient (Wildman–Crippen LogP) is 2.12. The first-order valence-corrected chi connectivity index (χ1v) is 6.57. The van der Waals surface area contributed by atoms with Crippen molar-refractivity contribution in [3.8, 4) is 5.75 Å². The summed E-state index contributed by atoms with van der Waals surface area (Å²) in [4.78, 5) is 6.39. The molecular formula is C15H21N3O2. The summed E-state index contributed by atoms with van der Waals surface area (Å²) in [5.74, 6) is 1.66. The highest BCUT2D eigenvalue weighted by Crippen LogP contribution is 2.34. The van der Waals surface area contributed by atoms with E-state index in [0.717, 1.165) is 17.1 Å². The summed E-state index contributed by atoms with van der Waals surface area (Å²) in [5, 5.41) is 10.0. The molecule has 1 aromatic carbocycles. The van der Waals surface area contributed by atoms with E-state index in [2.05, 4.69) is 9.88 Å². The van der Waals surface area contributed by atoms with E-state index in [1.807, 2.05) is 43.1 Å². The minimum absolute atomic E-state index is 0.593. The van der Waals surface area contributed by atoms with Crippen LogP contribution >= 0.6 is 0 Å². The quantitative estimate of drug-likeness (QED) is 0.908. The van der Waals surface area contributed by atoms with Crippen molar-refractivity contribution in [2.24, 2.45) is 7.05 Å². The number of aliphatic hydroxyl groups is 1. The Morgan fingerprint density at radius 2 is 2.20 bits per heavy atom. The summed E-state index contributed by atoms with van der Waals surface area (Å²) in [6, 6.07) is 5.77. The molecule has 0 aliphatic rings. The number of imidazole rings is 1. The average molecular weight is 275 g/mol. The van der Waals surface area contributed by atoms with Crippen LogP contribution in [-0.2, 0) is 13.6 Å². The van der Waals surface area contributed by atoms with Crippen LogP contribution in [0, 0.1) is 0 Å². The summed E-state index contributed by atoms with van der Waals surface area (Å²) in [6.07, 6.45) is 3.11. The molecular weight excluding hydrogens is 254 g/mol. The zero-order valence-electron chi connectivity index (χ0n) is 12.4. The molecule has 5 heteroatoms. The van der Waals surface area contributed by atoms with Gasteiger partial charge in [-0.2, -0.15) is 0 Å². The monoisotopic (exact) mass is 275 g/mol. The van der Waals surface area contributed by atoms with Gasteiger partial charge in [-0.05, 0) is 19.1 Å². The van der Waals surface area contributed by atoms with Crippen molar-refractivity contribution in [2.75, 3.05) is 19.1 Å². The van der Waals surface area contributed by atoms with E-state index in [1.165, 1.54) is 0 Å². The summed E-state index contributed by atoms with van der Waals surface area (Å²) in [7, 11) is 5.57. The molecule has 0 aliphatic heterocycles. The Bertz CT molecular complexity index is 578. The van der Waals surface area contributed by atoms with Gasteiger partial charge in [-0.3, -0.25) is 0 Å². The maximum absolute atomic E-state index is 10.0. The van der Waals surface area contributed by atoms with Crippen LogP contribution < -0.4 is 9.64 Å². The maximum Gasteiger partial charge on any atom is 0.127 e. The molecule has 0 saturated carbocycles. The molecule has 0 fully saturated rings. The van der Waals surface area contributed by atoms with Gasteiger partial charge < -0.3 is 19.3 Å². The second kappa shape index (κ2) is 5.96. The minimum atomic E-state index is -0.593. The first-order valence-electron chi connectivity index (χ1n) is 6.57. The van der Waals surface area contributed by atoms with Gasteiger partial charge in [0.2, 0.25) is 0 Å². The summed E-state index contributed by atoms with van der Waals surface area (Å²) >= 11 is 0. The predicted molar refractivity (Wildman–Crippen MR) is 78.9 cm³/mol. The number of nitrogens with zero attached hydrogens (tertiary/aromatic N) is 3. The van der Waals surface area contributed by atoms with Gasteiger partial charge >= 0.3 is 0 Å². The second-order valence-electron chi connectivity index (χ2n) is 4.88. The van der Waals surface area contributed by atoms with Gasteiger partial charge in [0.15, 0.2) is 0 Å². The molecule has 5 nitrogen and oxygen atoms in total. The first kappa shape index (κ1) is 14.4. The van der Waals surface area contributed by atoms with Gasteiger partial charge in [-0.25, -0.2) is 4.98 Å². The molecule has 108 valence electrons. The number of methoxy groups -OCH3 is 1. The number of rotatable bonds is 5. The molecule has 1 aromatic heterocycles.